The van der Waals surface area contributed by atoms with Gasteiger partial charge in [-0.05, 0) is 84.1 Å². The minimum absolute atomic E-state index is 0.0516. The van der Waals surface area contributed by atoms with Crippen molar-refractivity contribution in [2.45, 2.75) is 31.8 Å². The fraction of sp³-hybridized carbons (Fsp3) is 0.333. The number of ether oxygens (including phenoxy) is 1. The van der Waals surface area contributed by atoms with Crippen molar-refractivity contribution < 1.29 is 9.53 Å². The Hall–Kier alpha value is -2.87. The maximum absolute atomic E-state index is 13.0. The van der Waals surface area contributed by atoms with Crippen LogP contribution in [-0.2, 0) is 11.2 Å². The highest BCUT2D eigenvalue weighted by Crippen LogP contribution is 2.31. The summed E-state index contributed by atoms with van der Waals surface area (Å²) in [4.78, 5) is 14.8. The average Bonchev–Trinajstić information content (AvgIpc) is 3.21. The normalized spacial score (nSPS) is 13.3. The summed E-state index contributed by atoms with van der Waals surface area (Å²) >= 11 is 1.35. The highest BCUT2D eigenvalue weighted by molar-refractivity contribution is 7.99. The second-order valence-corrected chi connectivity index (χ2v) is 8.02. The molecule has 1 aliphatic rings. The Bertz CT molecular complexity index is 1050. The van der Waals surface area contributed by atoms with E-state index in [1.54, 1.807) is 11.8 Å². The smallest absolute Gasteiger partial charge is 0.237 e. The Kier molecular flexibility index (Phi) is 5.53. The zero-order chi connectivity index (χ0) is 20.4. The summed E-state index contributed by atoms with van der Waals surface area (Å²) in [7, 11) is 1.66. The summed E-state index contributed by atoms with van der Waals surface area (Å²) < 4.78 is 6.99. The van der Waals surface area contributed by atoms with Gasteiger partial charge in [-0.25, -0.2) is 0 Å². The monoisotopic (exact) mass is 409 g/mol. The van der Waals surface area contributed by atoms with E-state index < -0.39 is 0 Å². The molecule has 2 aromatic carbocycles. The number of tetrazole rings is 1. The molecule has 0 atom stereocenters. The molecule has 4 rings (SSSR count). The molecule has 0 aliphatic carbocycles. The van der Waals surface area contributed by atoms with E-state index >= 15 is 0 Å². The van der Waals surface area contributed by atoms with E-state index in [2.05, 4.69) is 29.4 Å². The molecule has 8 heteroatoms. The van der Waals surface area contributed by atoms with Gasteiger partial charge in [-0.15, -0.1) is 5.10 Å². The van der Waals surface area contributed by atoms with Gasteiger partial charge in [0.15, 0.2) is 0 Å². The van der Waals surface area contributed by atoms with Crippen molar-refractivity contribution in [3.05, 3.63) is 53.1 Å². The van der Waals surface area contributed by atoms with Crippen molar-refractivity contribution in [1.82, 2.24) is 20.2 Å². The van der Waals surface area contributed by atoms with Crippen molar-refractivity contribution in [3.63, 3.8) is 0 Å². The van der Waals surface area contributed by atoms with Gasteiger partial charge in [-0.3, -0.25) is 4.79 Å². The van der Waals surface area contributed by atoms with Crippen LogP contribution in [0.5, 0.6) is 5.75 Å². The Morgan fingerprint density at radius 1 is 1.17 bits per heavy atom. The Labute approximate surface area is 174 Å². The van der Waals surface area contributed by atoms with Crippen LogP contribution in [0.1, 0.15) is 23.1 Å². The first-order chi connectivity index (χ1) is 14.1. The highest BCUT2D eigenvalue weighted by atomic mass is 32.2. The van der Waals surface area contributed by atoms with Gasteiger partial charge < -0.3 is 9.64 Å². The lowest BCUT2D eigenvalue weighted by Crippen LogP contribution is -2.36. The number of nitrogens with zero attached hydrogens (tertiary/aromatic N) is 5. The van der Waals surface area contributed by atoms with Crippen LogP contribution in [0.15, 0.2) is 41.6 Å². The van der Waals surface area contributed by atoms with Gasteiger partial charge in [0, 0.05) is 12.2 Å². The third-order valence-corrected chi connectivity index (χ3v) is 6.11. The summed E-state index contributed by atoms with van der Waals surface area (Å²) in [5, 5.41) is 12.6. The molecular formula is C21H23N5O2S. The van der Waals surface area contributed by atoms with Crippen molar-refractivity contribution in [2.24, 2.45) is 0 Å². The standard InChI is InChI=1S/C21H23N5O2S/c1-14-6-7-17(11-15(14)2)26-21(22-23-24-26)29-13-20(27)25-10-4-5-16-12-18(28-3)8-9-19(16)25/h6-9,11-12H,4-5,10,13H2,1-3H3. The van der Waals surface area contributed by atoms with Crippen molar-refractivity contribution in [1.29, 1.82) is 0 Å². The van der Waals surface area contributed by atoms with Crippen molar-refractivity contribution in [3.8, 4) is 11.4 Å². The molecule has 29 heavy (non-hydrogen) atoms. The van der Waals surface area contributed by atoms with E-state index in [-0.39, 0.29) is 11.7 Å². The molecule has 0 fully saturated rings. The Morgan fingerprint density at radius 2 is 2.03 bits per heavy atom. The van der Waals surface area contributed by atoms with Gasteiger partial charge in [0.1, 0.15) is 5.75 Å². The van der Waals surface area contributed by atoms with Crippen LogP contribution >= 0.6 is 11.8 Å². The van der Waals surface area contributed by atoms with Gasteiger partial charge in [-0.1, -0.05) is 17.8 Å². The lowest BCUT2D eigenvalue weighted by Gasteiger charge is -2.29. The number of benzene rings is 2. The van der Waals surface area contributed by atoms with Crippen LogP contribution in [0.25, 0.3) is 5.69 Å². The first-order valence-electron chi connectivity index (χ1n) is 9.53. The molecule has 0 bridgehead atoms. The number of anilines is 1. The summed E-state index contributed by atoms with van der Waals surface area (Å²) in [5.74, 6) is 1.15. The predicted octanol–water partition coefficient (Wildman–Crippen LogP) is 3.36. The number of carbonyl (C=O) groups is 1. The quantitative estimate of drug-likeness (QED) is 0.602. The number of rotatable bonds is 5. The van der Waals surface area contributed by atoms with Crippen LogP contribution in [0, 0.1) is 13.8 Å². The molecule has 1 amide bonds. The maximum Gasteiger partial charge on any atom is 0.237 e. The SMILES string of the molecule is COc1ccc2c(c1)CCCN2C(=O)CSc1nnnn1-c1ccc(C)c(C)c1. The fourth-order valence-electron chi connectivity index (χ4n) is 3.45. The molecule has 2 heterocycles. The molecule has 0 radical (unpaired) electrons. The second kappa shape index (κ2) is 8.24. The van der Waals surface area contributed by atoms with Gasteiger partial charge in [0.05, 0.1) is 18.6 Å². The molecule has 150 valence electrons. The number of amides is 1. The summed E-state index contributed by atoms with van der Waals surface area (Å²) in [6.45, 7) is 4.85. The van der Waals surface area contributed by atoms with Gasteiger partial charge in [0.25, 0.3) is 0 Å². The largest absolute Gasteiger partial charge is 0.497 e. The Balaban J connectivity index is 1.49. The molecule has 0 N–H and O–H groups in total. The third kappa shape index (κ3) is 3.98. The third-order valence-electron chi connectivity index (χ3n) is 5.21. The number of hydrogen-bond donors (Lipinski definition) is 0. The van der Waals surface area contributed by atoms with Gasteiger partial charge in [0.2, 0.25) is 11.1 Å². The highest BCUT2D eigenvalue weighted by Gasteiger charge is 2.23. The predicted molar refractivity (Wildman–Crippen MR) is 113 cm³/mol. The number of carbonyl (C=O) groups excluding carboxylic acids is 1. The van der Waals surface area contributed by atoms with Crippen LogP contribution in [0.3, 0.4) is 0 Å². The van der Waals surface area contributed by atoms with Crippen molar-refractivity contribution >= 4 is 23.4 Å². The first kappa shape index (κ1) is 19.4. The van der Waals surface area contributed by atoms with Crippen LogP contribution in [0.4, 0.5) is 5.69 Å². The van der Waals surface area contributed by atoms with E-state index in [4.69, 9.17) is 4.74 Å². The number of aryl methyl sites for hydroxylation is 3. The van der Waals surface area contributed by atoms with Gasteiger partial charge in [-0.2, -0.15) is 4.68 Å². The topological polar surface area (TPSA) is 73.1 Å². The molecule has 1 aliphatic heterocycles. The number of aromatic nitrogens is 4. The molecule has 3 aromatic rings. The number of hydrogen-bond acceptors (Lipinski definition) is 6. The Morgan fingerprint density at radius 3 is 2.83 bits per heavy atom. The second-order valence-electron chi connectivity index (χ2n) is 7.07. The molecule has 0 spiro atoms. The van der Waals surface area contributed by atoms with Crippen molar-refractivity contribution in [2.75, 3.05) is 24.3 Å². The van der Waals surface area contributed by atoms with E-state index in [9.17, 15) is 4.79 Å². The van der Waals surface area contributed by atoms with Gasteiger partial charge >= 0.3 is 0 Å². The number of fused-ring (bicyclic) bond motifs is 1. The summed E-state index contributed by atoms with van der Waals surface area (Å²) in [6.07, 6.45) is 1.89. The van der Waals surface area contributed by atoms with E-state index in [0.717, 1.165) is 42.1 Å². The summed E-state index contributed by atoms with van der Waals surface area (Å²) in [5.41, 5.74) is 5.39. The number of methoxy groups -OCH3 is 1. The first-order valence-corrected chi connectivity index (χ1v) is 10.5. The average molecular weight is 410 g/mol. The molecular weight excluding hydrogens is 386 g/mol. The van der Waals surface area contributed by atoms with Crippen LogP contribution in [0.2, 0.25) is 0 Å². The minimum atomic E-state index is 0.0516. The zero-order valence-corrected chi connectivity index (χ0v) is 17.6. The number of thioether (sulfide) groups is 1. The molecule has 0 unspecified atom stereocenters. The molecule has 0 saturated carbocycles. The summed E-state index contributed by atoms with van der Waals surface area (Å²) in [6, 6.07) is 12.0. The fourth-order valence-corrected chi connectivity index (χ4v) is 4.22. The van der Waals surface area contributed by atoms with Crippen LogP contribution < -0.4 is 9.64 Å². The van der Waals surface area contributed by atoms with E-state index in [1.165, 1.54) is 22.9 Å². The maximum atomic E-state index is 13.0. The van der Waals surface area contributed by atoms with E-state index in [1.807, 2.05) is 41.3 Å². The molecule has 1 aromatic heterocycles. The minimum Gasteiger partial charge on any atom is -0.497 e. The lowest BCUT2D eigenvalue weighted by atomic mass is 10.0. The molecule has 7 nitrogen and oxygen atoms in total. The lowest BCUT2D eigenvalue weighted by molar-refractivity contribution is -0.116. The van der Waals surface area contributed by atoms with E-state index in [0.29, 0.717) is 5.16 Å². The van der Waals surface area contributed by atoms with Crippen LogP contribution in [-0.4, -0.2) is 45.5 Å². The molecule has 0 saturated heterocycles. The zero-order valence-electron chi connectivity index (χ0n) is 16.8.